The Morgan fingerprint density at radius 3 is 2.17 bits per heavy atom. The Bertz CT molecular complexity index is 994. The van der Waals surface area contributed by atoms with Crippen molar-refractivity contribution in [1.82, 2.24) is 10.6 Å². The molecule has 2 aromatic rings. The summed E-state index contributed by atoms with van der Waals surface area (Å²) in [5.74, 6) is -0.232. The van der Waals surface area contributed by atoms with Crippen LogP contribution >= 0.6 is 0 Å². The quantitative estimate of drug-likeness (QED) is 0.452. The first-order valence-electron chi connectivity index (χ1n) is 12.1. The van der Waals surface area contributed by atoms with E-state index in [0.29, 0.717) is 24.9 Å². The summed E-state index contributed by atoms with van der Waals surface area (Å²) >= 11 is 0. The summed E-state index contributed by atoms with van der Waals surface area (Å²) in [5.41, 5.74) is 0.897. The smallest absolute Gasteiger partial charge is 0.411 e. The molecule has 3 rings (SSSR count). The normalized spacial score (nSPS) is 19.5. The van der Waals surface area contributed by atoms with Crippen LogP contribution in [0.1, 0.15) is 45.6 Å². The lowest BCUT2D eigenvalue weighted by atomic mass is 9.82. The molecular weight excluding hydrogens is 462 g/mol. The fourth-order valence-electron chi connectivity index (χ4n) is 4.02. The molecule has 36 heavy (non-hydrogen) atoms. The van der Waals surface area contributed by atoms with Crippen molar-refractivity contribution in [2.24, 2.45) is 5.92 Å². The number of hydrogen-bond acceptors (Lipinski definition) is 6. The van der Waals surface area contributed by atoms with Gasteiger partial charge in [0.2, 0.25) is 0 Å². The maximum absolute atomic E-state index is 12.5. The Balaban J connectivity index is 1.57. The molecule has 0 unspecified atom stereocenters. The number of rotatable bonds is 7. The molecule has 3 atom stereocenters. The average Bonchev–Trinajstić information content (AvgIpc) is 2.83. The number of amides is 3. The highest BCUT2D eigenvalue weighted by Crippen LogP contribution is 2.26. The third kappa shape index (κ3) is 9.48. The highest BCUT2D eigenvalue weighted by Gasteiger charge is 2.34. The van der Waals surface area contributed by atoms with E-state index < -0.39 is 23.9 Å². The van der Waals surface area contributed by atoms with Crippen molar-refractivity contribution in [3.8, 4) is 0 Å². The third-order valence-electron chi connectivity index (χ3n) is 5.67. The molecule has 0 bridgehead atoms. The van der Waals surface area contributed by atoms with Crippen molar-refractivity contribution in [3.05, 3.63) is 66.2 Å². The van der Waals surface area contributed by atoms with Gasteiger partial charge in [-0.25, -0.2) is 14.4 Å². The Labute approximate surface area is 211 Å². The molecule has 0 spiro atoms. The third-order valence-corrected chi connectivity index (χ3v) is 5.67. The van der Waals surface area contributed by atoms with Crippen LogP contribution in [0.15, 0.2) is 60.7 Å². The highest BCUT2D eigenvalue weighted by molar-refractivity contribution is 5.84. The number of alkyl carbamates (subject to hydrolysis) is 2. The minimum atomic E-state index is -0.608. The van der Waals surface area contributed by atoms with Crippen LogP contribution in [0.5, 0.6) is 0 Å². The lowest BCUT2D eigenvalue weighted by Gasteiger charge is -2.36. The number of carbonyl (C=O) groups is 3. The molecule has 2 aromatic carbocycles. The van der Waals surface area contributed by atoms with Crippen LogP contribution in [0.3, 0.4) is 0 Å². The van der Waals surface area contributed by atoms with E-state index in [2.05, 4.69) is 16.0 Å². The molecule has 1 aliphatic carbocycles. The van der Waals surface area contributed by atoms with Crippen LogP contribution in [-0.2, 0) is 20.8 Å². The molecule has 1 fully saturated rings. The van der Waals surface area contributed by atoms with Crippen LogP contribution in [0, 0.1) is 5.92 Å². The zero-order valence-electron chi connectivity index (χ0n) is 21.0. The minimum Gasteiger partial charge on any atom is -0.449 e. The maximum Gasteiger partial charge on any atom is 0.411 e. The number of para-hydroxylation sites is 1. The van der Waals surface area contributed by atoms with Crippen molar-refractivity contribution < 1.29 is 28.6 Å². The van der Waals surface area contributed by atoms with Crippen molar-refractivity contribution in [1.29, 1.82) is 0 Å². The summed E-state index contributed by atoms with van der Waals surface area (Å²) < 4.78 is 16.2. The molecule has 0 radical (unpaired) electrons. The summed E-state index contributed by atoms with van der Waals surface area (Å²) in [7, 11) is 0. The van der Waals surface area contributed by atoms with Crippen LogP contribution < -0.4 is 16.0 Å². The van der Waals surface area contributed by atoms with E-state index in [1.807, 2.05) is 48.5 Å². The molecule has 1 aliphatic rings. The van der Waals surface area contributed by atoms with Crippen LogP contribution in [0.2, 0.25) is 0 Å². The fraction of sp³-hybridized carbons (Fsp3) is 0.444. The Morgan fingerprint density at radius 1 is 0.833 bits per heavy atom. The number of carbonyl (C=O) groups excluding carboxylic acids is 3. The first-order chi connectivity index (χ1) is 17.2. The Kier molecular flexibility index (Phi) is 9.55. The van der Waals surface area contributed by atoms with Crippen LogP contribution in [0.4, 0.5) is 20.1 Å². The highest BCUT2D eigenvalue weighted by atomic mass is 16.6. The summed E-state index contributed by atoms with van der Waals surface area (Å²) in [6.07, 6.45) is 0.0874. The SMILES string of the molecule is CC(C)(C)OC(=O)N[C@@H]1CC[C@H](NC(=O)OCc2ccccc2)[C@H](COC(=O)Nc2ccccc2)C1. The maximum atomic E-state index is 12.5. The fourth-order valence-corrected chi connectivity index (χ4v) is 4.02. The summed E-state index contributed by atoms with van der Waals surface area (Å²) in [6, 6.07) is 17.9. The molecule has 194 valence electrons. The van der Waals surface area contributed by atoms with E-state index >= 15 is 0 Å². The van der Waals surface area contributed by atoms with Gasteiger partial charge < -0.3 is 24.8 Å². The second kappa shape index (κ2) is 12.8. The van der Waals surface area contributed by atoms with Gasteiger partial charge in [-0.2, -0.15) is 0 Å². The predicted molar refractivity (Wildman–Crippen MR) is 135 cm³/mol. The van der Waals surface area contributed by atoms with E-state index in [1.54, 1.807) is 32.9 Å². The number of hydrogen-bond donors (Lipinski definition) is 3. The first kappa shape index (κ1) is 26.8. The summed E-state index contributed by atoms with van der Waals surface area (Å²) in [6.45, 7) is 5.63. The molecular formula is C27H35N3O6. The van der Waals surface area contributed by atoms with Gasteiger partial charge in [0.05, 0.1) is 6.61 Å². The van der Waals surface area contributed by atoms with Gasteiger partial charge in [0.15, 0.2) is 0 Å². The molecule has 3 N–H and O–H groups in total. The van der Waals surface area contributed by atoms with Crippen LogP contribution in [-0.4, -0.2) is 42.6 Å². The van der Waals surface area contributed by atoms with E-state index in [4.69, 9.17) is 14.2 Å². The van der Waals surface area contributed by atoms with Gasteiger partial charge in [-0.1, -0.05) is 48.5 Å². The first-order valence-corrected chi connectivity index (χ1v) is 12.1. The van der Waals surface area contributed by atoms with E-state index in [0.717, 1.165) is 5.56 Å². The Morgan fingerprint density at radius 2 is 1.50 bits per heavy atom. The predicted octanol–water partition coefficient (Wildman–Crippen LogP) is 5.22. The molecule has 1 saturated carbocycles. The summed E-state index contributed by atoms with van der Waals surface area (Å²) in [5, 5.41) is 8.48. The van der Waals surface area contributed by atoms with Gasteiger partial charge in [-0.3, -0.25) is 5.32 Å². The number of anilines is 1. The largest absolute Gasteiger partial charge is 0.449 e. The summed E-state index contributed by atoms with van der Waals surface area (Å²) in [4.78, 5) is 37.1. The number of nitrogens with one attached hydrogen (secondary N) is 3. The molecule has 9 nitrogen and oxygen atoms in total. The second-order valence-corrected chi connectivity index (χ2v) is 9.82. The monoisotopic (exact) mass is 497 g/mol. The van der Waals surface area contributed by atoms with Gasteiger partial charge in [0, 0.05) is 23.7 Å². The van der Waals surface area contributed by atoms with E-state index in [1.165, 1.54) is 0 Å². The van der Waals surface area contributed by atoms with Crippen molar-refractivity contribution >= 4 is 24.0 Å². The number of ether oxygens (including phenoxy) is 3. The van der Waals surface area contributed by atoms with Gasteiger partial charge in [-0.05, 0) is 57.7 Å². The minimum absolute atomic E-state index is 0.0643. The van der Waals surface area contributed by atoms with Gasteiger partial charge in [0.1, 0.15) is 12.2 Å². The van der Waals surface area contributed by atoms with Gasteiger partial charge in [0.25, 0.3) is 0 Å². The molecule has 9 heteroatoms. The lowest BCUT2D eigenvalue weighted by Crippen LogP contribution is -2.51. The lowest BCUT2D eigenvalue weighted by molar-refractivity contribution is 0.0448. The number of benzene rings is 2. The molecule has 0 saturated heterocycles. The van der Waals surface area contributed by atoms with E-state index in [-0.39, 0.29) is 31.2 Å². The van der Waals surface area contributed by atoms with Crippen molar-refractivity contribution in [3.63, 3.8) is 0 Å². The second-order valence-electron chi connectivity index (χ2n) is 9.82. The molecule has 0 aliphatic heterocycles. The molecule has 0 aromatic heterocycles. The average molecular weight is 498 g/mol. The molecule has 0 heterocycles. The van der Waals surface area contributed by atoms with Crippen LogP contribution in [0.25, 0.3) is 0 Å². The zero-order valence-corrected chi connectivity index (χ0v) is 21.0. The Hall–Kier alpha value is -3.75. The zero-order chi connectivity index (χ0) is 26.0. The van der Waals surface area contributed by atoms with E-state index in [9.17, 15) is 14.4 Å². The van der Waals surface area contributed by atoms with Gasteiger partial charge >= 0.3 is 18.3 Å². The molecule has 3 amide bonds. The topological polar surface area (TPSA) is 115 Å². The van der Waals surface area contributed by atoms with Gasteiger partial charge in [-0.15, -0.1) is 0 Å². The standard InChI is InChI=1S/C27H35N3O6/c1-27(2,3)36-26(33)29-22-14-15-23(30-25(32)34-17-19-10-6-4-7-11-19)20(16-22)18-35-24(31)28-21-12-8-5-9-13-21/h4-13,20,22-23H,14-18H2,1-3H3,(H,28,31)(H,29,33)(H,30,32)/t20-,22+,23-/m0/s1. The van der Waals surface area contributed by atoms with Crippen molar-refractivity contribution in [2.75, 3.05) is 11.9 Å². The van der Waals surface area contributed by atoms with Crippen molar-refractivity contribution in [2.45, 2.75) is 64.3 Å².